The van der Waals surface area contributed by atoms with Crippen LogP contribution in [0.1, 0.15) is 26.7 Å². The maximum absolute atomic E-state index is 6.27. The molecule has 3 heteroatoms. The van der Waals surface area contributed by atoms with Crippen LogP contribution in [0.25, 0.3) is 32.7 Å². The molecule has 0 unspecified atom stereocenters. The van der Waals surface area contributed by atoms with E-state index in [0.717, 1.165) is 47.5 Å². The van der Waals surface area contributed by atoms with Crippen LogP contribution in [0.4, 0.5) is 0 Å². The van der Waals surface area contributed by atoms with Crippen LogP contribution in [0.15, 0.2) is 72.8 Å². The summed E-state index contributed by atoms with van der Waals surface area (Å²) in [4.78, 5) is 0. The molecule has 0 atom stereocenters. The molecule has 160 valence electrons. The molecule has 0 bridgehead atoms. The van der Waals surface area contributed by atoms with Crippen molar-refractivity contribution in [3.05, 3.63) is 72.8 Å². The van der Waals surface area contributed by atoms with Crippen LogP contribution in [-0.2, 0) is 4.74 Å². The summed E-state index contributed by atoms with van der Waals surface area (Å²) in [6, 6.07) is 25.3. The fourth-order valence-electron chi connectivity index (χ4n) is 3.93. The quantitative estimate of drug-likeness (QED) is 0.256. The summed E-state index contributed by atoms with van der Waals surface area (Å²) in [5.74, 6) is 1.75. The summed E-state index contributed by atoms with van der Waals surface area (Å²) in [6.45, 7) is 6.77. The van der Waals surface area contributed by atoms with Crippen LogP contribution in [0.5, 0.6) is 11.5 Å². The maximum Gasteiger partial charge on any atom is 0.128 e. The van der Waals surface area contributed by atoms with Crippen LogP contribution in [0.3, 0.4) is 0 Å². The predicted molar refractivity (Wildman–Crippen MR) is 129 cm³/mol. The van der Waals surface area contributed by atoms with E-state index in [0.29, 0.717) is 19.8 Å². The Bertz CT molecular complexity index is 1150. The standard InChI is InChI=1S/C28H30O3/c1-3-17-29-19-20-31-26-16-14-22-10-6-8-12-24(22)28(26)27-23-11-7-5-9-21(23)13-15-25(27)30-18-4-2/h5-16H,3-4,17-20H2,1-2H3. The van der Waals surface area contributed by atoms with Gasteiger partial charge in [0.1, 0.15) is 18.1 Å². The van der Waals surface area contributed by atoms with Crippen molar-refractivity contribution in [2.75, 3.05) is 26.4 Å². The highest BCUT2D eigenvalue weighted by molar-refractivity contribution is 6.09. The number of fused-ring (bicyclic) bond motifs is 2. The van der Waals surface area contributed by atoms with Crippen molar-refractivity contribution in [1.82, 2.24) is 0 Å². The molecule has 0 aliphatic heterocycles. The minimum Gasteiger partial charge on any atom is -0.493 e. The minimum absolute atomic E-state index is 0.515. The van der Waals surface area contributed by atoms with Crippen molar-refractivity contribution in [3.63, 3.8) is 0 Å². The number of ether oxygens (including phenoxy) is 3. The number of benzene rings is 4. The average molecular weight is 415 g/mol. The summed E-state index contributed by atoms with van der Waals surface area (Å²) in [5.41, 5.74) is 2.17. The van der Waals surface area contributed by atoms with E-state index in [9.17, 15) is 0 Å². The zero-order valence-corrected chi connectivity index (χ0v) is 18.4. The van der Waals surface area contributed by atoms with E-state index in [1.807, 2.05) is 0 Å². The van der Waals surface area contributed by atoms with Crippen LogP contribution in [-0.4, -0.2) is 26.4 Å². The minimum atomic E-state index is 0.515. The summed E-state index contributed by atoms with van der Waals surface area (Å²) >= 11 is 0. The third kappa shape index (κ3) is 4.67. The van der Waals surface area contributed by atoms with Gasteiger partial charge in [0.25, 0.3) is 0 Å². The van der Waals surface area contributed by atoms with Crippen LogP contribution < -0.4 is 9.47 Å². The van der Waals surface area contributed by atoms with Crippen molar-refractivity contribution < 1.29 is 14.2 Å². The zero-order chi connectivity index (χ0) is 21.5. The van der Waals surface area contributed by atoms with E-state index < -0.39 is 0 Å². The second-order valence-corrected chi connectivity index (χ2v) is 7.63. The summed E-state index contributed by atoms with van der Waals surface area (Å²) in [5, 5.41) is 4.69. The lowest BCUT2D eigenvalue weighted by molar-refractivity contribution is 0.101. The molecule has 0 spiro atoms. The molecule has 0 saturated carbocycles. The fourth-order valence-corrected chi connectivity index (χ4v) is 3.93. The van der Waals surface area contributed by atoms with Crippen molar-refractivity contribution in [3.8, 4) is 22.6 Å². The van der Waals surface area contributed by atoms with E-state index in [4.69, 9.17) is 14.2 Å². The van der Waals surface area contributed by atoms with Gasteiger partial charge < -0.3 is 14.2 Å². The van der Waals surface area contributed by atoms with Gasteiger partial charge in [-0.05, 0) is 46.5 Å². The van der Waals surface area contributed by atoms with E-state index in [1.54, 1.807) is 0 Å². The van der Waals surface area contributed by atoms with Gasteiger partial charge in [-0.15, -0.1) is 0 Å². The SMILES string of the molecule is CCCOCCOc1ccc2ccccc2c1-c1c(OCCC)ccc2ccccc12. The largest absolute Gasteiger partial charge is 0.493 e. The second kappa shape index (κ2) is 10.3. The van der Waals surface area contributed by atoms with Crippen LogP contribution in [0.2, 0.25) is 0 Å². The van der Waals surface area contributed by atoms with Crippen molar-refractivity contribution in [2.45, 2.75) is 26.7 Å². The molecule has 4 aromatic rings. The first-order chi connectivity index (χ1) is 15.3. The Morgan fingerprint density at radius 1 is 0.516 bits per heavy atom. The normalized spacial score (nSPS) is 11.2. The molecule has 4 aromatic carbocycles. The highest BCUT2D eigenvalue weighted by Gasteiger charge is 2.19. The van der Waals surface area contributed by atoms with Crippen molar-refractivity contribution >= 4 is 21.5 Å². The lowest BCUT2D eigenvalue weighted by Crippen LogP contribution is -2.08. The van der Waals surface area contributed by atoms with Crippen molar-refractivity contribution in [1.29, 1.82) is 0 Å². The number of hydrogen-bond donors (Lipinski definition) is 0. The smallest absolute Gasteiger partial charge is 0.128 e. The van der Waals surface area contributed by atoms with E-state index >= 15 is 0 Å². The Morgan fingerprint density at radius 3 is 1.58 bits per heavy atom. The van der Waals surface area contributed by atoms with Crippen molar-refractivity contribution in [2.24, 2.45) is 0 Å². The number of rotatable bonds is 10. The highest BCUT2D eigenvalue weighted by atomic mass is 16.5. The molecule has 0 fully saturated rings. The topological polar surface area (TPSA) is 27.7 Å². The molecule has 31 heavy (non-hydrogen) atoms. The highest BCUT2D eigenvalue weighted by Crippen LogP contribution is 2.45. The maximum atomic E-state index is 6.27. The first-order valence-corrected chi connectivity index (χ1v) is 11.2. The average Bonchev–Trinajstić information content (AvgIpc) is 2.82. The Morgan fingerprint density at radius 2 is 1.03 bits per heavy atom. The van der Waals surface area contributed by atoms with E-state index in [1.165, 1.54) is 16.2 Å². The first-order valence-electron chi connectivity index (χ1n) is 11.2. The number of hydrogen-bond acceptors (Lipinski definition) is 3. The fraction of sp³-hybridized carbons (Fsp3) is 0.286. The predicted octanol–water partition coefficient (Wildman–Crippen LogP) is 7.25. The molecule has 0 aromatic heterocycles. The van der Waals surface area contributed by atoms with Crippen LogP contribution in [0, 0.1) is 0 Å². The van der Waals surface area contributed by atoms with Gasteiger partial charge in [-0.2, -0.15) is 0 Å². The monoisotopic (exact) mass is 414 g/mol. The molecule has 3 nitrogen and oxygen atoms in total. The molecular weight excluding hydrogens is 384 g/mol. The molecule has 4 rings (SSSR count). The molecule has 0 aliphatic carbocycles. The Kier molecular flexibility index (Phi) is 7.06. The Hall–Kier alpha value is -3.04. The lowest BCUT2D eigenvalue weighted by atomic mass is 9.92. The van der Waals surface area contributed by atoms with Gasteiger partial charge in [0.15, 0.2) is 0 Å². The molecular formula is C28H30O3. The van der Waals surface area contributed by atoms with Gasteiger partial charge in [0, 0.05) is 17.7 Å². The zero-order valence-electron chi connectivity index (χ0n) is 18.4. The Labute approximate surface area is 184 Å². The van der Waals surface area contributed by atoms with Crippen LogP contribution >= 0.6 is 0 Å². The summed E-state index contributed by atoms with van der Waals surface area (Å²) in [7, 11) is 0. The molecule has 0 N–H and O–H groups in total. The second-order valence-electron chi connectivity index (χ2n) is 7.63. The van der Waals surface area contributed by atoms with Gasteiger partial charge in [0.05, 0.1) is 13.2 Å². The first kappa shape index (κ1) is 21.2. The summed E-state index contributed by atoms with van der Waals surface area (Å²) < 4.78 is 18.1. The van der Waals surface area contributed by atoms with Gasteiger partial charge in [-0.1, -0.05) is 74.5 Å². The van der Waals surface area contributed by atoms with E-state index in [2.05, 4.69) is 86.6 Å². The molecule has 0 saturated heterocycles. The van der Waals surface area contributed by atoms with Gasteiger partial charge in [0.2, 0.25) is 0 Å². The molecule has 0 amide bonds. The third-order valence-corrected chi connectivity index (χ3v) is 5.33. The van der Waals surface area contributed by atoms with Gasteiger partial charge in [-0.25, -0.2) is 0 Å². The van der Waals surface area contributed by atoms with Gasteiger partial charge in [-0.3, -0.25) is 0 Å². The third-order valence-electron chi connectivity index (χ3n) is 5.33. The molecule has 0 radical (unpaired) electrons. The van der Waals surface area contributed by atoms with E-state index in [-0.39, 0.29) is 0 Å². The molecule has 0 aliphatic rings. The Balaban J connectivity index is 1.89. The lowest BCUT2D eigenvalue weighted by Gasteiger charge is -2.19. The summed E-state index contributed by atoms with van der Waals surface area (Å²) in [6.07, 6.45) is 1.97. The molecule has 0 heterocycles. The van der Waals surface area contributed by atoms with Gasteiger partial charge >= 0.3 is 0 Å².